The molecule has 3 amide bonds. The smallest absolute Gasteiger partial charge is 0.326 e. The van der Waals surface area contributed by atoms with E-state index in [1.807, 2.05) is 10.6 Å². The van der Waals surface area contributed by atoms with E-state index in [-0.39, 0.29) is 0 Å². The third kappa shape index (κ3) is 4.88. The molecule has 0 radical (unpaired) electrons. The Bertz CT molecular complexity index is 574. The molecule has 0 aliphatic heterocycles. The predicted molar refractivity (Wildman–Crippen MR) is 68.8 cm³/mol. The van der Waals surface area contributed by atoms with E-state index in [1.165, 1.54) is 0 Å². The maximum Gasteiger partial charge on any atom is 0.326 e. The minimum atomic E-state index is -1.59. The number of carbonyl (C=O) groups is 3. The number of carbonyl (C=O) groups excluding carboxylic acids is 2. The van der Waals surface area contributed by atoms with Gasteiger partial charge in [-0.3, -0.25) is 4.79 Å². The van der Waals surface area contributed by atoms with E-state index < -0.39 is 52.7 Å². The number of nitrogens with two attached hydrogens (primary N) is 1. The van der Waals surface area contributed by atoms with Gasteiger partial charge in [0.1, 0.15) is 11.9 Å². The number of carboxylic acid groups (broad SMARTS) is 1. The number of aliphatic carboxylic acids is 1. The fourth-order valence-corrected chi connectivity index (χ4v) is 1.61. The van der Waals surface area contributed by atoms with Crippen LogP contribution in [-0.4, -0.2) is 29.1 Å². The Labute approximate surface area is 122 Å². The van der Waals surface area contributed by atoms with Crippen LogP contribution in [0.5, 0.6) is 0 Å². The van der Waals surface area contributed by atoms with E-state index in [0.29, 0.717) is 6.07 Å². The molecule has 1 atom stereocenters. The van der Waals surface area contributed by atoms with Crippen molar-refractivity contribution in [2.45, 2.75) is 12.5 Å². The monoisotopic (exact) mass is 321 g/mol. The third-order valence-electron chi connectivity index (χ3n) is 2.25. The van der Waals surface area contributed by atoms with Gasteiger partial charge in [-0.1, -0.05) is 11.6 Å². The summed E-state index contributed by atoms with van der Waals surface area (Å²) in [5, 5.41) is 12.2. The highest BCUT2D eigenvalue weighted by molar-refractivity contribution is 6.33. The normalized spacial score (nSPS) is 11.6. The molecule has 1 aromatic carbocycles. The number of benzene rings is 1. The number of rotatable bonds is 5. The molecule has 1 unspecified atom stereocenters. The van der Waals surface area contributed by atoms with Crippen LogP contribution in [0.4, 0.5) is 19.3 Å². The second-order valence-corrected chi connectivity index (χ2v) is 4.31. The Morgan fingerprint density at radius 2 is 1.95 bits per heavy atom. The maximum atomic E-state index is 13.4. The number of anilines is 1. The summed E-state index contributed by atoms with van der Waals surface area (Å²) in [7, 11) is 0. The topological polar surface area (TPSA) is 122 Å². The maximum absolute atomic E-state index is 13.4. The summed E-state index contributed by atoms with van der Waals surface area (Å²) in [6, 6.07) is -1.49. The van der Waals surface area contributed by atoms with Gasteiger partial charge >= 0.3 is 12.0 Å². The Hall–Kier alpha value is -2.42. The molecule has 0 aromatic heterocycles. The van der Waals surface area contributed by atoms with Gasteiger partial charge in [-0.25, -0.2) is 18.4 Å². The molecule has 114 valence electrons. The first-order valence-corrected chi connectivity index (χ1v) is 5.81. The van der Waals surface area contributed by atoms with Gasteiger partial charge in [0.15, 0.2) is 5.82 Å². The molecule has 0 fully saturated rings. The van der Waals surface area contributed by atoms with Crippen LogP contribution in [0.25, 0.3) is 0 Å². The predicted octanol–water partition coefficient (Wildman–Crippen LogP) is 1.07. The largest absolute Gasteiger partial charge is 0.480 e. The number of urea groups is 1. The van der Waals surface area contributed by atoms with Gasteiger partial charge in [0.25, 0.3) is 0 Å². The fraction of sp³-hybridized carbons (Fsp3) is 0.182. The van der Waals surface area contributed by atoms with Crippen LogP contribution in [0.1, 0.15) is 6.42 Å². The fourth-order valence-electron chi connectivity index (χ4n) is 1.37. The summed E-state index contributed by atoms with van der Waals surface area (Å²) in [5.74, 6) is -4.54. The lowest BCUT2D eigenvalue weighted by Crippen LogP contribution is -2.45. The number of halogens is 3. The van der Waals surface area contributed by atoms with Crippen LogP contribution >= 0.6 is 11.6 Å². The minimum Gasteiger partial charge on any atom is -0.480 e. The zero-order chi connectivity index (χ0) is 16.2. The van der Waals surface area contributed by atoms with Crippen LogP contribution in [0.15, 0.2) is 12.1 Å². The molecule has 5 N–H and O–H groups in total. The van der Waals surface area contributed by atoms with Crippen molar-refractivity contribution in [3.63, 3.8) is 0 Å². The number of primary amides is 1. The Kier molecular flexibility index (Phi) is 5.42. The molecular weight excluding hydrogens is 312 g/mol. The molecule has 0 aliphatic rings. The molecule has 21 heavy (non-hydrogen) atoms. The van der Waals surface area contributed by atoms with E-state index in [1.54, 1.807) is 0 Å². The number of hydrogen-bond donors (Lipinski definition) is 4. The zero-order valence-corrected chi connectivity index (χ0v) is 11.1. The first kappa shape index (κ1) is 16.6. The standard InChI is InChI=1S/C11H10ClF2N3O4/c12-5-1-4(13)2-6(14)9(5)17-11(21)16-7(10(19)20)3-8(15)18/h1-2,7H,3H2,(H2,15,18)(H,19,20)(H2,16,17,21). The minimum absolute atomic E-state index is 0.413. The molecule has 0 aliphatic carbocycles. The van der Waals surface area contributed by atoms with Crippen molar-refractivity contribution in [1.29, 1.82) is 0 Å². The van der Waals surface area contributed by atoms with Gasteiger partial charge in [-0.05, 0) is 6.07 Å². The van der Waals surface area contributed by atoms with Crippen molar-refractivity contribution in [3.8, 4) is 0 Å². The molecule has 0 spiro atoms. The SMILES string of the molecule is NC(=O)CC(NC(=O)Nc1c(F)cc(F)cc1Cl)C(=O)O. The summed E-state index contributed by atoms with van der Waals surface area (Å²) in [5.41, 5.74) is 4.30. The zero-order valence-electron chi connectivity index (χ0n) is 10.3. The summed E-state index contributed by atoms with van der Waals surface area (Å²) >= 11 is 5.55. The molecule has 0 bridgehead atoms. The highest BCUT2D eigenvalue weighted by atomic mass is 35.5. The van der Waals surface area contributed by atoms with Crippen molar-refractivity contribution in [1.82, 2.24) is 5.32 Å². The molecular formula is C11H10ClF2N3O4. The van der Waals surface area contributed by atoms with E-state index in [4.69, 9.17) is 22.4 Å². The summed E-state index contributed by atoms with van der Waals surface area (Å²) < 4.78 is 26.2. The lowest BCUT2D eigenvalue weighted by Gasteiger charge is -2.14. The van der Waals surface area contributed by atoms with Crippen molar-refractivity contribution in [2.75, 3.05) is 5.32 Å². The molecule has 0 saturated carbocycles. The Morgan fingerprint density at radius 1 is 1.33 bits per heavy atom. The Balaban J connectivity index is 2.82. The second kappa shape index (κ2) is 6.84. The summed E-state index contributed by atoms with van der Waals surface area (Å²) in [6.45, 7) is 0. The quantitative estimate of drug-likeness (QED) is 0.648. The van der Waals surface area contributed by atoms with Crippen molar-refractivity contribution >= 4 is 35.2 Å². The average Bonchev–Trinajstić information content (AvgIpc) is 2.32. The third-order valence-corrected chi connectivity index (χ3v) is 2.55. The lowest BCUT2D eigenvalue weighted by atomic mass is 10.2. The van der Waals surface area contributed by atoms with Gasteiger partial charge in [0, 0.05) is 6.07 Å². The first-order chi connectivity index (χ1) is 9.70. The molecule has 0 heterocycles. The summed E-state index contributed by atoms with van der Waals surface area (Å²) in [6.07, 6.45) is -0.650. The highest BCUT2D eigenvalue weighted by Gasteiger charge is 2.23. The molecule has 0 saturated heterocycles. The Morgan fingerprint density at radius 3 is 2.43 bits per heavy atom. The van der Waals surface area contributed by atoms with E-state index >= 15 is 0 Å². The van der Waals surface area contributed by atoms with Crippen LogP contribution in [0, 0.1) is 11.6 Å². The van der Waals surface area contributed by atoms with E-state index in [2.05, 4.69) is 0 Å². The van der Waals surface area contributed by atoms with Crippen LogP contribution < -0.4 is 16.4 Å². The number of nitrogens with one attached hydrogen (secondary N) is 2. The number of amides is 3. The molecule has 10 heteroatoms. The molecule has 1 rings (SSSR count). The van der Waals surface area contributed by atoms with Gasteiger partial charge < -0.3 is 21.5 Å². The van der Waals surface area contributed by atoms with Gasteiger partial charge in [-0.2, -0.15) is 0 Å². The second-order valence-electron chi connectivity index (χ2n) is 3.90. The van der Waals surface area contributed by atoms with Crippen molar-refractivity contribution in [2.24, 2.45) is 5.73 Å². The summed E-state index contributed by atoms with van der Waals surface area (Å²) in [4.78, 5) is 33.0. The molecule has 1 aromatic rings. The number of hydrogen-bond acceptors (Lipinski definition) is 3. The van der Waals surface area contributed by atoms with Crippen molar-refractivity contribution in [3.05, 3.63) is 28.8 Å². The van der Waals surface area contributed by atoms with Crippen LogP contribution in [0.2, 0.25) is 5.02 Å². The van der Waals surface area contributed by atoms with E-state index in [0.717, 1.165) is 6.07 Å². The van der Waals surface area contributed by atoms with Gasteiger partial charge in [0.05, 0.1) is 17.1 Å². The van der Waals surface area contributed by atoms with Gasteiger partial charge in [-0.15, -0.1) is 0 Å². The lowest BCUT2D eigenvalue weighted by molar-refractivity contribution is -0.140. The number of carboxylic acids is 1. The average molecular weight is 322 g/mol. The molecule has 7 nitrogen and oxygen atoms in total. The van der Waals surface area contributed by atoms with Gasteiger partial charge in [0.2, 0.25) is 5.91 Å². The first-order valence-electron chi connectivity index (χ1n) is 5.44. The van der Waals surface area contributed by atoms with Crippen molar-refractivity contribution < 1.29 is 28.3 Å². The highest BCUT2D eigenvalue weighted by Crippen LogP contribution is 2.26. The van der Waals surface area contributed by atoms with Crippen LogP contribution in [-0.2, 0) is 9.59 Å². The van der Waals surface area contributed by atoms with E-state index in [9.17, 15) is 23.2 Å². The van der Waals surface area contributed by atoms with Crippen LogP contribution in [0.3, 0.4) is 0 Å².